The molecule has 0 spiro atoms. The number of thiazole rings is 1. The normalized spacial score (nSPS) is 22.6. The van der Waals surface area contributed by atoms with Gasteiger partial charge in [0.05, 0.1) is 22.7 Å². The van der Waals surface area contributed by atoms with Crippen LogP contribution in [0.5, 0.6) is 0 Å². The Balaban J connectivity index is 1.80. The average molecular weight is 275 g/mol. The second-order valence-corrected chi connectivity index (χ2v) is 5.66. The van der Waals surface area contributed by atoms with Gasteiger partial charge in [0.25, 0.3) is 0 Å². The van der Waals surface area contributed by atoms with Crippen molar-refractivity contribution >= 4 is 22.9 Å². The Bertz CT molecular complexity index is 345. The zero-order chi connectivity index (χ0) is 12.1. The fourth-order valence-corrected chi connectivity index (χ4v) is 3.08. The lowest BCUT2D eigenvalue weighted by molar-refractivity contribution is 0.0679. The van der Waals surface area contributed by atoms with Crippen molar-refractivity contribution in [3.8, 4) is 0 Å². The van der Waals surface area contributed by atoms with Crippen LogP contribution in [-0.2, 0) is 17.0 Å². The van der Waals surface area contributed by atoms with Gasteiger partial charge in [-0.15, -0.1) is 22.9 Å². The molecule has 1 saturated heterocycles. The van der Waals surface area contributed by atoms with Gasteiger partial charge in [-0.3, -0.25) is 0 Å². The number of alkyl halides is 1. The summed E-state index contributed by atoms with van der Waals surface area (Å²) in [5.41, 5.74) is 0.999. The second kappa shape index (κ2) is 6.69. The Kier molecular flexibility index (Phi) is 5.22. The summed E-state index contributed by atoms with van der Waals surface area (Å²) in [5.74, 6) is 0.519. The molecule has 5 heteroatoms. The lowest BCUT2D eigenvalue weighted by atomic mass is 10.3. The quantitative estimate of drug-likeness (QED) is 0.789. The molecule has 96 valence electrons. The highest BCUT2D eigenvalue weighted by Crippen LogP contribution is 2.13. The molecule has 0 saturated carbocycles. The molecule has 1 aromatic rings. The SMILES string of the molecule is CC1CN(CCc2nc(CCl)cs2)CCCO1. The van der Waals surface area contributed by atoms with Crippen LogP contribution in [0.3, 0.4) is 0 Å². The Hall–Kier alpha value is -0.160. The maximum Gasteiger partial charge on any atom is 0.0941 e. The number of hydrogen-bond donors (Lipinski definition) is 0. The molecule has 0 amide bonds. The summed E-state index contributed by atoms with van der Waals surface area (Å²) in [5, 5.41) is 3.25. The molecule has 1 aliphatic rings. The summed E-state index contributed by atoms with van der Waals surface area (Å²) in [6.45, 7) is 6.29. The molecule has 1 aliphatic heterocycles. The number of ether oxygens (including phenoxy) is 1. The minimum atomic E-state index is 0.354. The third-order valence-electron chi connectivity index (χ3n) is 2.91. The summed E-state index contributed by atoms with van der Waals surface area (Å²) in [7, 11) is 0. The average Bonchev–Trinajstić information content (AvgIpc) is 2.69. The highest BCUT2D eigenvalue weighted by molar-refractivity contribution is 7.09. The van der Waals surface area contributed by atoms with Crippen LogP contribution in [0.4, 0.5) is 0 Å². The predicted octanol–water partition coefficient (Wildman–Crippen LogP) is 2.54. The molecule has 0 N–H and O–H groups in total. The Morgan fingerprint density at radius 1 is 1.65 bits per heavy atom. The molecule has 0 aliphatic carbocycles. The van der Waals surface area contributed by atoms with Gasteiger partial charge in [-0.05, 0) is 13.3 Å². The van der Waals surface area contributed by atoms with Crippen molar-refractivity contribution in [3.05, 3.63) is 16.1 Å². The topological polar surface area (TPSA) is 25.4 Å². The summed E-state index contributed by atoms with van der Waals surface area (Å²) in [6, 6.07) is 0. The van der Waals surface area contributed by atoms with E-state index in [1.165, 1.54) is 5.01 Å². The molecule has 1 atom stereocenters. The van der Waals surface area contributed by atoms with Gasteiger partial charge in [-0.25, -0.2) is 4.98 Å². The first-order valence-electron chi connectivity index (χ1n) is 6.11. The summed E-state index contributed by atoms with van der Waals surface area (Å²) < 4.78 is 5.63. The third kappa shape index (κ3) is 4.21. The fraction of sp³-hybridized carbons (Fsp3) is 0.750. The van der Waals surface area contributed by atoms with E-state index in [-0.39, 0.29) is 0 Å². The van der Waals surface area contributed by atoms with Crippen molar-refractivity contribution in [3.63, 3.8) is 0 Å². The molecular weight excluding hydrogens is 256 g/mol. The zero-order valence-corrected chi connectivity index (χ0v) is 11.8. The first-order chi connectivity index (χ1) is 8.28. The van der Waals surface area contributed by atoms with E-state index < -0.39 is 0 Å². The van der Waals surface area contributed by atoms with Crippen LogP contribution in [0.2, 0.25) is 0 Å². The molecule has 2 heterocycles. The van der Waals surface area contributed by atoms with Gasteiger partial charge in [0, 0.05) is 38.0 Å². The van der Waals surface area contributed by atoms with Crippen LogP contribution < -0.4 is 0 Å². The zero-order valence-electron chi connectivity index (χ0n) is 10.2. The van der Waals surface area contributed by atoms with Crippen molar-refractivity contribution in [2.45, 2.75) is 31.7 Å². The third-order valence-corrected chi connectivity index (χ3v) is 4.15. The molecule has 17 heavy (non-hydrogen) atoms. The Labute approximate surface area is 112 Å². The standard InChI is InChI=1S/C12H19ClN2OS/c1-10-8-15(4-2-6-16-10)5-3-12-14-11(7-13)9-17-12/h9-10H,2-8H2,1H3. The Morgan fingerprint density at radius 3 is 3.29 bits per heavy atom. The lowest BCUT2D eigenvalue weighted by Crippen LogP contribution is -2.32. The number of rotatable bonds is 4. The fourth-order valence-electron chi connectivity index (χ4n) is 2.06. The molecule has 1 fully saturated rings. The minimum absolute atomic E-state index is 0.354. The highest BCUT2D eigenvalue weighted by Gasteiger charge is 2.15. The number of halogens is 1. The number of nitrogens with zero attached hydrogens (tertiary/aromatic N) is 2. The molecule has 1 unspecified atom stereocenters. The van der Waals surface area contributed by atoms with E-state index in [4.69, 9.17) is 16.3 Å². The van der Waals surface area contributed by atoms with E-state index in [0.717, 1.165) is 44.8 Å². The predicted molar refractivity (Wildman–Crippen MR) is 71.8 cm³/mol. The van der Waals surface area contributed by atoms with E-state index >= 15 is 0 Å². The molecule has 0 radical (unpaired) electrons. The van der Waals surface area contributed by atoms with Crippen LogP contribution >= 0.6 is 22.9 Å². The monoisotopic (exact) mass is 274 g/mol. The Morgan fingerprint density at radius 2 is 2.53 bits per heavy atom. The lowest BCUT2D eigenvalue weighted by Gasteiger charge is -2.20. The molecule has 1 aromatic heterocycles. The molecule has 0 bridgehead atoms. The van der Waals surface area contributed by atoms with Crippen molar-refractivity contribution < 1.29 is 4.74 Å². The molecule has 0 aromatic carbocycles. The van der Waals surface area contributed by atoms with Gasteiger partial charge in [-0.1, -0.05) is 0 Å². The first kappa shape index (κ1) is 13.3. The molecule has 3 nitrogen and oxygen atoms in total. The van der Waals surface area contributed by atoms with Crippen LogP contribution in [0, 0.1) is 0 Å². The number of aromatic nitrogens is 1. The van der Waals surface area contributed by atoms with Crippen molar-refractivity contribution in [1.29, 1.82) is 0 Å². The maximum absolute atomic E-state index is 5.75. The van der Waals surface area contributed by atoms with E-state index in [0.29, 0.717) is 12.0 Å². The maximum atomic E-state index is 5.75. The van der Waals surface area contributed by atoms with Gasteiger partial charge in [0.15, 0.2) is 0 Å². The highest BCUT2D eigenvalue weighted by atomic mass is 35.5. The van der Waals surface area contributed by atoms with Gasteiger partial charge >= 0.3 is 0 Å². The van der Waals surface area contributed by atoms with E-state index in [9.17, 15) is 0 Å². The van der Waals surface area contributed by atoms with E-state index in [1.807, 2.05) is 0 Å². The number of hydrogen-bond acceptors (Lipinski definition) is 4. The van der Waals surface area contributed by atoms with Crippen LogP contribution in [0.15, 0.2) is 5.38 Å². The van der Waals surface area contributed by atoms with Gasteiger partial charge < -0.3 is 9.64 Å². The van der Waals surface area contributed by atoms with E-state index in [2.05, 4.69) is 22.2 Å². The summed E-state index contributed by atoms with van der Waals surface area (Å²) >= 11 is 7.46. The van der Waals surface area contributed by atoms with E-state index in [1.54, 1.807) is 11.3 Å². The van der Waals surface area contributed by atoms with Crippen molar-refractivity contribution in [2.24, 2.45) is 0 Å². The van der Waals surface area contributed by atoms with Crippen LogP contribution in [0.1, 0.15) is 24.0 Å². The van der Waals surface area contributed by atoms with Gasteiger partial charge in [0.1, 0.15) is 0 Å². The van der Waals surface area contributed by atoms with Gasteiger partial charge in [0.2, 0.25) is 0 Å². The summed E-state index contributed by atoms with van der Waals surface area (Å²) in [4.78, 5) is 6.96. The minimum Gasteiger partial charge on any atom is -0.377 e. The molecule has 2 rings (SSSR count). The van der Waals surface area contributed by atoms with Crippen molar-refractivity contribution in [1.82, 2.24) is 9.88 Å². The van der Waals surface area contributed by atoms with Crippen molar-refractivity contribution in [2.75, 3.05) is 26.2 Å². The smallest absolute Gasteiger partial charge is 0.0941 e. The van der Waals surface area contributed by atoms with Crippen LogP contribution in [0.25, 0.3) is 0 Å². The second-order valence-electron chi connectivity index (χ2n) is 4.45. The molecular formula is C12H19ClN2OS. The van der Waals surface area contributed by atoms with Crippen LogP contribution in [-0.4, -0.2) is 42.2 Å². The van der Waals surface area contributed by atoms with Gasteiger partial charge in [-0.2, -0.15) is 0 Å². The largest absolute Gasteiger partial charge is 0.377 e. The summed E-state index contributed by atoms with van der Waals surface area (Å²) in [6.07, 6.45) is 2.51. The first-order valence-corrected chi connectivity index (χ1v) is 7.52.